The molecule has 0 aliphatic carbocycles. The molecule has 3 unspecified atom stereocenters. The van der Waals surface area contributed by atoms with Gasteiger partial charge in [-0.1, -0.05) is 63.2 Å². The van der Waals surface area contributed by atoms with Gasteiger partial charge in [0.2, 0.25) is 11.8 Å². The van der Waals surface area contributed by atoms with Crippen LogP contribution < -0.4 is 16.4 Å². The smallest absolute Gasteiger partial charge is 0.408 e. The summed E-state index contributed by atoms with van der Waals surface area (Å²) in [6, 6.07) is 10.5. The van der Waals surface area contributed by atoms with Gasteiger partial charge in [-0.25, -0.2) is 4.79 Å². The zero-order valence-corrected chi connectivity index (χ0v) is 27.2. The third kappa shape index (κ3) is 10.7. The Hall–Kier alpha value is -3.88. The molecule has 0 saturated carbocycles. The first kappa shape index (κ1) is 35.3. The fourth-order valence-electron chi connectivity index (χ4n) is 4.92. The summed E-state index contributed by atoms with van der Waals surface area (Å²) in [5, 5.41) is 5.63. The number of hydrogen-bond acceptors (Lipinski definition) is 5. The lowest BCUT2D eigenvalue weighted by Crippen LogP contribution is -2.55. The maximum Gasteiger partial charge on any atom is 0.408 e. The molecule has 2 aromatic carbocycles. The van der Waals surface area contributed by atoms with Gasteiger partial charge in [0.1, 0.15) is 17.7 Å². The van der Waals surface area contributed by atoms with Crippen LogP contribution in [0.2, 0.25) is 0 Å². The second-order valence-corrected chi connectivity index (χ2v) is 12.7. The van der Waals surface area contributed by atoms with Gasteiger partial charge >= 0.3 is 6.09 Å². The Kier molecular flexibility index (Phi) is 12.8. The van der Waals surface area contributed by atoms with Gasteiger partial charge in [0.15, 0.2) is 0 Å². The Balaban J connectivity index is 2.69. The monoisotopic (exact) mass is 594 g/mol. The molecule has 236 valence electrons. The predicted molar refractivity (Wildman–Crippen MR) is 170 cm³/mol. The molecule has 0 spiro atoms. The van der Waals surface area contributed by atoms with E-state index in [4.69, 9.17) is 10.5 Å². The maximum atomic E-state index is 14.5. The maximum absolute atomic E-state index is 14.5. The quantitative estimate of drug-likeness (QED) is 0.263. The van der Waals surface area contributed by atoms with Gasteiger partial charge in [0.25, 0.3) is 5.91 Å². The third-order valence-corrected chi connectivity index (χ3v) is 7.25. The first-order valence-corrected chi connectivity index (χ1v) is 15.1. The van der Waals surface area contributed by atoms with Crippen molar-refractivity contribution in [1.29, 1.82) is 0 Å². The molecule has 2 rings (SSSR count). The molecule has 9 heteroatoms. The number of nitrogens with two attached hydrogens (primary N) is 1. The molecule has 0 saturated heterocycles. The second kappa shape index (κ2) is 15.5. The second-order valence-electron chi connectivity index (χ2n) is 12.7. The molecule has 0 radical (unpaired) electrons. The van der Waals surface area contributed by atoms with Gasteiger partial charge in [-0.2, -0.15) is 0 Å². The zero-order valence-electron chi connectivity index (χ0n) is 27.2. The molecule has 0 fully saturated rings. The molecule has 43 heavy (non-hydrogen) atoms. The number of amides is 4. The number of alkyl carbamates (subject to hydrolysis) is 1. The van der Waals surface area contributed by atoms with Crippen LogP contribution in [-0.4, -0.2) is 46.4 Å². The summed E-state index contributed by atoms with van der Waals surface area (Å²) in [4.78, 5) is 55.2. The molecule has 0 aromatic heterocycles. The van der Waals surface area contributed by atoms with Crippen LogP contribution in [0.3, 0.4) is 0 Å². The van der Waals surface area contributed by atoms with Gasteiger partial charge in [-0.3, -0.25) is 14.4 Å². The highest BCUT2D eigenvalue weighted by Gasteiger charge is 2.39. The van der Waals surface area contributed by atoms with Crippen LogP contribution in [0.4, 0.5) is 10.5 Å². The van der Waals surface area contributed by atoms with Crippen molar-refractivity contribution in [1.82, 2.24) is 10.2 Å². The van der Waals surface area contributed by atoms with Crippen LogP contribution in [-0.2, 0) is 25.5 Å². The standard InChI is InChI=1S/C34H50N4O5/c1-10-25-16-18-26(19-17-25)30(31(40)37-29-22(4)12-11-13-23(29)5)38(24(6)15-14-21(2)3)32(41)27(20-28(35)39)36-33(42)43-34(7,8)9/h11-13,16-19,21,24,27,30H,10,14-15,20H2,1-9H3,(H2,35,39)(H,36,42)(H,37,40). The molecule has 3 atom stereocenters. The van der Waals surface area contributed by atoms with E-state index in [1.54, 1.807) is 20.8 Å². The van der Waals surface area contributed by atoms with E-state index in [-0.39, 0.29) is 0 Å². The van der Waals surface area contributed by atoms with Crippen LogP contribution in [0.1, 0.15) is 96.0 Å². The largest absolute Gasteiger partial charge is 0.444 e. The van der Waals surface area contributed by atoms with Crippen molar-refractivity contribution in [2.45, 2.75) is 112 Å². The van der Waals surface area contributed by atoms with Crippen molar-refractivity contribution in [3.8, 4) is 0 Å². The number of rotatable bonds is 13. The van der Waals surface area contributed by atoms with E-state index in [1.807, 2.05) is 70.2 Å². The zero-order chi connectivity index (χ0) is 32.5. The fraction of sp³-hybridized carbons (Fsp3) is 0.529. The molecule has 0 bridgehead atoms. The highest BCUT2D eigenvalue weighted by molar-refractivity contribution is 6.00. The van der Waals surface area contributed by atoms with Crippen molar-refractivity contribution >= 4 is 29.5 Å². The summed E-state index contributed by atoms with van der Waals surface area (Å²) in [7, 11) is 0. The van der Waals surface area contributed by atoms with E-state index >= 15 is 0 Å². The lowest BCUT2D eigenvalue weighted by atomic mass is 9.95. The molecule has 4 amide bonds. The summed E-state index contributed by atoms with van der Waals surface area (Å²) in [5.41, 5.74) is 8.85. The van der Waals surface area contributed by atoms with Crippen molar-refractivity contribution in [3.63, 3.8) is 0 Å². The first-order valence-electron chi connectivity index (χ1n) is 15.1. The fourth-order valence-corrected chi connectivity index (χ4v) is 4.92. The first-order chi connectivity index (χ1) is 20.0. The normalized spacial score (nSPS) is 13.5. The minimum Gasteiger partial charge on any atom is -0.444 e. The number of carbonyl (C=O) groups excluding carboxylic acids is 4. The summed E-state index contributed by atoms with van der Waals surface area (Å²) < 4.78 is 5.39. The summed E-state index contributed by atoms with van der Waals surface area (Å²) >= 11 is 0. The topological polar surface area (TPSA) is 131 Å². The van der Waals surface area contributed by atoms with E-state index in [9.17, 15) is 19.2 Å². The molecule has 0 aliphatic heterocycles. The lowest BCUT2D eigenvalue weighted by Gasteiger charge is -2.39. The molecule has 0 heterocycles. The van der Waals surface area contributed by atoms with E-state index in [1.165, 1.54) is 4.90 Å². The van der Waals surface area contributed by atoms with Crippen molar-refractivity contribution in [3.05, 3.63) is 64.7 Å². The third-order valence-electron chi connectivity index (χ3n) is 7.25. The Morgan fingerprint density at radius 3 is 2.00 bits per heavy atom. The molecule has 4 N–H and O–H groups in total. The Morgan fingerprint density at radius 2 is 1.51 bits per heavy atom. The average Bonchev–Trinajstić information content (AvgIpc) is 2.90. The molecular weight excluding hydrogens is 544 g/mol. The minimum absolute atomic E-state index is 0.353. The van der Waals surface area contributed by atoms with Gasteiger partial charge < -0.3 is 26.0 Å². The number of nitrogens with zero attached hydrogens (tertiary/aromatic N) is 1. The number of nitrogens with one attached hydrogen (secondary N) is 2. The van der Waals surface area contributed by atoms with E-state index in [0.717, 1.165) is 29.5 Å². The van der Waals surface area contributed by atoms with Crippen LogP contribution in [0, 0.1) is 19.8 Å². The van der Waals surface area contributed by atoms with E-state index in [0.29, 0.717) is 23.6 Å². The van der Waals surface area contributed by atoms with E-state index in [2.05, 4.69) is 24.5 Å². The minimum atomic E-state index is -1.33. The van der Waals surface area contributed by atoms with Crippen molar-refractivity contribution in [2.75, 3.05) is 5.32 Å². The SMILES string of the molecule is CCc1ccc(C(C(=O)Nc2c(C)cccc2C)N(C(=O)C(CC(N)=O)NC(=O)OC(C)(C)C)C(C)CCC(C)C)cc1. The van der Waals surface area contributed by atoms with Crippen LogP contribution in [0.25, 0.3) is 0 Å². The van der Waals surface area contributed by atoms with Crippen LogP contribution >= 0.6 is 0 Å². The summed E-state index contributed by atoms with van der Waals surface area (Å²) in [6.07, 6.45) is 0.897. The molecule has 0 aliphatic rings. The number of ether oxygens (including phenoxy) is 1. The number of primary amides is 1. The van der Waals surface area contributed by atoms with E-state index < -0.39 is 54.0 Å². The van der Waals surface area contributed by atoms with Gasteiger partial charge in [-0.05, 0) is 89.0 Å². The number of benzene rings is 2. The molecular formula is C34H50N4O5. The molecule has 9 nitrogen and oxygen atoms in total. The summed E-state index contributed by atoms with van der Waals surface area (Å²) in [6.45, 7) is 17.0. The van der Waals surface area contributed by atoms with Crippen molar-refractivity contribution < 1.29 is 23.9 Å². The number of para-hydroxylation sites is 1. The Morgan fingerprint density at radius 1 is 0.930 bits per heavy atom. The predicted octanol–water partition coefficient (Wildman–Crippen LogP) is 5.97. The Labute approximate surface area is 256 Å². The van der Waals surface area contributed by atoms with Gasteiger partial charge in [0.05, 0.1) is 6.42 Å². The van der Waals surface area contributed by atoms with Crippen LogP contribution in [0.15, 0.2) is 42.5 Å². The van der Waals surface area contributed by atoms with Crippen molar-refractivity contribution in [2.24, 2.45) is 11.7 Å². The lowest BCUT2D eigenvalue weighted by molar-refractivity contribution is -0.144. The van der Waals surface area contributed by atoms with Gasteiger partial charge in [-0.15, -0.1) is 0 Å². The highest BCUT2D eigenvalue weighted by Crippen LogP contribution is 2.30. The summed E-state index contributed by atoms with van der Waals surface area (Å²) in [5.74, 6) is -1.41. The number of anilines is 1. The van der Waals surface area contributed by atoms with Crippen LogP contribution in [0.5, 0.6) is 0 Å². The number of hydrogen-bond donors (Lipinski definition) is 3. The molecule has 2 aromatic rings. The Bertz CT molecular complexity index is 1250. The van der Waals surface area contributed by atoms with Gasteiger partial charge in [0, 0.05) is 11.7 Å². The average molecular weight is 595 g/mol. The highest BCUT2D eigenvalue weighted by atomic mass is 16.6. The number of carbonyl (C=O) groups is 4. The number of aryl methyl sites for hydroxylation is 3.